The number of rotatable bonds is 1. The fourth-order valence-corrected chi connectivity index (χ4v) is 2.85. The second-order valence-electron chi connectivity index (χ2n) is 4.52. The van der Waals surface area contributed by atoms with E-state index in [4.69, 9.17) is 5.69 Å². The van der Waals surface area contributed by atoms with Crippen LogP contribution in [0.4, 0.5) is 0 Å². The topological polar surface area (TPSA) is 30.0 Å². The highest BCUT2D eigenvalue weighted by molar-refractivity contribution is 7.74. The quantitative estimate of drug-likeness (QED) is 0.770. The molecule has 1 aromatic carbocycles. The molecule has 1 aliphatic rings. The van der Waals surface area contributed by atoms with E-state index in [0.717, 1.165) is 10.9 Å². The molecule has 0 aliphatic heterocycles. The van der Waals surface area contributed by atoms with E-state index < -0.39 is 10.2 Å². The number of benzene rings is 1. The maximum atomic E-state index is 11.4. The van der Waals surface area contributed by atoms with Gasteiger partial charge in [-0.2, -0.15) is 0 Å². The van der Waals surface area contributed by atoms with Crippen LogP contribution >= 0.6 is 0 Å². The molecular formula is C14H13NOS. The van der Waals surface area contributed by atoms with Gasteiger partial charge in [-0.15, -0.1) is 0 Å². The molecular weight excluding hydrogens is 230 g/mol. The highest BCUT2D eigenvalue weighted by Crippen LogP contribution is 2.37. The Morgan fingerprint density at radius 2 is 2.18 bits per heavy atom. The Balaban J connectivity index is 2.18. The van der Waals surface area contributed by atoms with Crippen molar-refractivity contribution in [2.24, 2.45) is 0 Å². The molecule has 0 atom stereocenters. The largest absolute Gasteiger partial charge is 0.254 e. The lowest BCUT2D eigenvalue weighted by molar-refractivity contribution is 0.419. The zero-order valence-electron chi connectivity index (χ0n) is 9.43. The zero-order chi connectivity index (χ0) is 11.8. The Hall–Kier alpha value is -1.57. The zero-order valence-corrected chi connectivity index (χ0v) is 10.2. The standard InChI is InChI=1S/C14H13NOS/c1-17(16)13-7-3-6-11-8-12(9-15-14(11)13)10-4-2-5-10/h1,3,6-10H,2,4-5H2. The summed E-state index contributed by atoms with van der Waals surface area (Å²) in [5.41, 5.74) is 7.50. The van der Waals surface area contributed by atoms with Gasteiger partial charge in [-0.05, 0) is 36.5 Å². The van der Waals surface area contributed by atoms with E-state index in [0.29, 0.717) is 10.8 Å². The van der Waals surface area contributed by atoms with Gasteiger partial charge in [0.25, 0.3) is 0 Å². The predicted molar refractivity (Wildman–Crippen MR) is 69.7 cm³/mol. The third-order valence-electron chi connectivity index (χ3n) is 3.49. The van der Waals surface area contributed by atoms with Crippen molar-refractivity contribution in [2.45, 2.75) is 30.1 Å². The summed E-state index contributed by atoms with van der Waals surface area (Å²) in [5.74, 6) is 0.666. The summed E-state index contributed by atoms with van der Waals surface area (Å²) in [6.45, 7) is 0. The molecule has 0 spiro atoms. The minimum absolute atomic E-state index is 0.614. The average Bonchev–Trinajstić information content (AvgIpc) is 2.25. The van der Waals surface area contributed by atoms with Gasteiger partial charge in [0.05, 0.1) is 20.6 Å². The first-order valence-corrected chi connectivity index (χ1v) is 7.02. The number of aromatic nitrogens is 1. The van der Waals surface area contributed by atoms with E-state index in [-0.39, 0.29) is 0 Å². The summed E-state index contributed by atoms with van der Waals surface area (Å²) in [6, 6.07) is 7.81. The fourth-order valence-electron chi connectivity index (χ4n) is 2.28. The van der Waals surface area contributed by atoms with Crippen LogP contribution < -0.4 is 0 Å². The Morgan fingerprint density at radius 1 is 1.35 bits per heavy atom. The second kappa shape index (κ2) is 4.02. The van der Waals surface area contributed by atoms with Gasteiger partial charge in [-0.25, -0.2) is 4.21 Å². The summed E-state index contributed by atoms with van der Waals surface area (Å²) in [6.07, 6.45) is 5.74. The Labute approximate surface area is 102 Å². The highest BCUT2D eigenvalue weighted by Gasteiger charge is 2.20. The van der Waals surface area contributed by atoms with Crippen LogP contribution in [0, 0.1) is 5.69 Å². The third-order valence-corrected chi connectivity index (χ3v) is 4.25. The molecule has 0 radical (unpaired) electrons. The monoisotopic (exact) mass is 243 g/mol. The van der Waals surface area contributed by atoms with Gasteiger partial charge < -0.3 is 0 Å². The summed E-state index contributed by atoms with van der Waals surface area (Å²) in [4.78, 5) is 5.05. The number of nitrogens with zero attached hydrogens (tertiary/aromatic N) is 1. The molecule has 3 rings (SSSR count). The van der Waals surface area contributed by atoms with Gasteiger partial charge in [-0.1, -0.05) is 24.2 Å². The van der Waals surface area contributed by atoms with E-state index in [1.807, 2.05) is 18.3 Å². The summed E-state index contributed by atoms with van der Waals surface area (Å²) >= 11 is 0. The molecule has 0 unspecified atom stereocenters. The van der Waals surface area contributed by atoms with Crippen molar-refractivity contribution in [2.75, 3.05) is 0 Å². The summed E-state index contributed by atoms with van der Waals surface area (Å²) in [7, 11) is -1.47. The van der Waals surface area contributed by atoms with Crippen molar-refractivity contribution in [1.29, 1.82) is 0 Å². The minimum Gasteiger partial charge on any atom is -0.254 e. The molecule has 1 aromatic heterocycles. The number of pyridine rings is 1. The number of hydrogen-bond acceptors (Lipinski definition) is 2. The van der Waals surface area contributed by atoms with Crippen molar-refractivity contribution in [1.82, 2.24) is 4.98 Å². The molecule has 0 amide bonds. The van der Waals surface area contributed by atoms with E-state index in [9.17, 15) is 4.21 Å². The van der Waals surface area contributed by atoms with Gasteiger partial charge >= 0.3 is 0 Å². The van der Waals surface area contributed by atoms with Gasteiger partial charge in [0.2, 0.25) is 0 Å². The molecule has 1 saturated carbocycles. The molecule has 86 valence electrons. The third kappa shape index (κ3) is 1.78. The predicted octanol–water partition coefficient (Wildman–Crippen LogP) is 3.20. The first-order valence-electron chi connectivity index (χ1n) is 5.80. The highest BCUT2D eigenvalue weighted by atomic mass is 32.2. The smallest absolute Gasteiger partial charge is 0.0903 e. The Morgan fingerprint density at radius 3 is 2.82 bits per heavy atom. The molecule has 1 heterocycles. The van der Waals surface area contributed by atoms with Gasteiger partial charge in [0, 0.05) is 11.6 Å². The number of fused-ring (bicyclic) bond motifs is 1. The molecule has 0 N–H and O–H groups in total. The van der Waals surface area contributed by atoms with Crippen LogP contribution in [0.3, 0.4) is 0 Å². The normalized spacial score (nSPS) is 15.7. The molecule has 0 saturated heterocycles. The van der Waals surface area contributed by atoms with Crippen molar-refractivity contribution in [3.8, 4) is 5.69 Å². The Bertz CT molecular complexity index is 698. The van der Waals surface area contributed by atoms with E-state index in [1.165, 1.54) is 24.8 Å². The molecule has 3 heteroatoms. The first kappa shape index (κ1) is 10.6. The van der Waals surface area contributed by atoms with Gasteiger partial charge in [-0.3, -0.25) is 4.98 Å². The van der Waals surface area contributed by atoms with Crippen molar-refractivity contribution >= 4 is 21.1 Å². The SMILES string of the molecule is C#S(=O)c1cccc2cc(C3CCC3)cnc12. The first-order chi connectivity index (χ1) is 8.25. The fraction of sp³-hybridized carbons (Fsp3) is 0.286. The minimum atomic E-state index is -1.47. The molecule has 2 aromatic rings. The van der Waals surface area contributed by atoms with Crippen molar-refractivity contribution in [3.05, 3.63) is 36.0 Å². The van der Waals surface area contributed by atoms with Crippen molar-refractivity contribution < 1.29 is 4.21 Å². The number of para-hydroxylation sites is 1. The van der Waals surface area contributed by atoms with Gasteiger partial charge in [0.1, 0.15) is 0 Å². The van der Waals surface area contributed by atoms with Crippen LogP contribution in [0.1, 0.15) is 30.7 Å². The molecule has 1 fully saturated rings. The molecule has 0 bridgehead atoms. The van der Waals surface area contributed by atoms with Crippen LogP contribution in [0.5, 0.6) is 0 Å². The second-order valence-corrected chi connectivity index (χ2v) is 5.56. The molecule has 2 nitrogen and oxygen atoms in total. The summed E-state index contributed by atoms with van der Waals surface area (Å²) < 4.78 is 11.4. The van der Waals surface area contributed by atoms with Crippen LogP contribution in [0.2, 0.25) is 0 Å². The van der Waals surface area contributed by atoms with Crippen LogP contribution in [-0.4, -0.2) is 9.19 Å². The lowest BCUT2D eigenvalue weighted by Gasteiger charge is -2.25. The maximum absolute atomic E-state index is 11.4. The molecule has 1 aliphatic carbocycles. The Kier molecular flexibility index (Phi) is 2.50. The van der Waals surface area contributed by atoms with Crippen LogP contribution in [0.25, 0.3) is 10.9 Å². The van der Waals surface area contributed by atoms with E-state index >= 15 is 0 Å². The number of hydrogen-bond donors (Lipinski definition) is 0. The van der Waals surface area contributed by atoms with E-state index in [2.05, 4.69) is 11.1 Å². The van der Waals surface area contributed by atoms with E-state index in [1.54, 1.807) is 6.07 Å². The lowest BCUT2D eigenvalue weighted by atomic mass is 9.80. The average molecular weight is 243 g/mol. The van der Waals surface area contributed by atoms with Crippen LogP contribution in [-0.2, 0) is 10.2 Å². The van der Waals surface area contributed by atoms with Gasteiger partial charge in [0.15, 0.2) is 0 Å². The van der Waals surface area contributed by atoms with Crippen molar-refractivity contribution in [3.63, 3.8) is 0 Å². The molecule has 17 heavy (non-hydrogen) atoms. The summed E-state index contributed by atoms with van der Waals surface area (Å²) in [5, 5.41) is 1.03. The lowest BCUT2D eigenvalue weighted by Crippen LogP contribution is -2.08. The maximum Gasteiger partial charge on any atom is 0.0903 e. The van der Waals surface area contributed by atoms with Crippen LogP contribution in [0.15, 0.2) is 35.4 Å².